The number of likely N-dealkylation sites (N-methyl/N-ethyl adjacent to an activating group) is 1. The Labute approximate surface area is 532 Å². The topological polar surface area (TPSA) is 161 Å². The van der Waals surface area contributed by atoms with Crippen molar-refractivity contribution >= 4 is 31.7 Å². The zero-order chi connectivity index (χ0) is 64.1. The number of allylic oxidation sites excluding steroid dienone is 6. The van der Waals surface area contributed by atoms with E-state index >= 15 is 0 Å². The van der Waals surface area contributed by atoms with E-state index in [1.54, 1.807) is 0 Å². The average molecular weight is 1250 g/mol. The molecule has 0 spiro atoms. The van der Waals surface area contributed by atoms with Crippen molar-refractivity contribution in [3.8, 4) is 0 Å². The summed E-state index contributed by atoms with van der Waals surface area (Å²) in [7, 11) is 1.15. The first-order valence-electron chi connectivity index (χ1n) is 35.4. The molecule has 0 radical (unpaired) electrons. The number of esters is 4. The van der Waals surface area contributed by atoms with Gasteiger partial charge in [-0.25, -0.2) is 4.57 Å². The summed E-state index contributed by atoms with van der Waals surface area (Å²) in [5.74, 6) is 6.79. The fourth-order valence-corrected chi connectivity index (χ4v) is 20.7. The standard InChI is InChI=1S/C74H120NO12P/c1-16-52(48(3)4)20-18-50(7)61-26-28-63-59-24-22-54-44-56(34-38-71(54,9)65(59)36-40-73(61,63)11)85-68(77)31-30-67(76)82-46-58(47-84-88(80,81)83-43-42-75(13,14)15)87-70(79)33-32-69(78)86-57-35-39-72(10)55(45-57)23-25-60-64-29-27-62(74(64,12)41-37-66(60)72)51(8)19-21-53(17-2)49(5)6/h18-23,48-53,56-66H,16-17,24-47H2,1-15H3/p+1/b20-18+,21-19+/t50-,51-,52-,53-,56+,57+,58?,59+,60+,61-,62-,63+,64+,65+,66+,71+,72+,73-,74-/m1/s1. The molecule has 0 aliphatic heterocycles. The molecule has 2 unspecified atom stereocenters. The molecule has 20 atom stereocenters. The van der Waals surface area contributed by atoms with Crippen molar-refractivity contribution in [3.05, 3.63) is 47.6 Å². The Morgan fingerprint density at radius 2 is 1.02 bits per heavy atom. The van der Waals surface area contributed by atoms with Gasteiger partial charge in [-0.05, 0) is 207 Å². The van der Waals surface area contributed by atoms with Gasteiger partial charge in [-0.2, -0.15) is 0 Å². The summed E-state index contributed by atoms with van der Waals surface area (Å²) in [6, 6.07) is 0. The predicted octanol–water partition coefficient (Wildman–Crippen LogP) is 16.6. The highest BCUT2D eigenvalue weighted by atomic mass is 31.2. The van der Waals surface area contributed by atoms with Crippen molar-refractivity contribution in [3.63, 3.8) is 0 Å². The van der Waals surface area contributed by atoms with Crippen LogP contribution in [-0.2, 0) is 51.7 Å². The molecule has 0 aromatic carbocycles. The van der Waals surface area contributed by atoms with Crippen LogP contribution < -0.4 is 0 Å². The monoisotopic (exact) mass is 1250 g/mol. The summed E-state index contributed by atoms with van der Waals surface area (Å²) >= 11 is 0. The highest BCUT2D eigenvalue weighted by molar-refractivity contribution is 7.47. The van der Waals surface area contributed by atoms with E-state index in [1.165, 1.54) is 75.4 Å². The van der Waals surface area contributed by atoms with Crippen LogP contribution >= 0.6 is 7.82 Å². The summed E-state index contributed by atoms with van der Waals surface area (Å²) in [4.78, 5) is 63.9. The summed E-state index contributed by atoms with van der Waals surface area (Å²) in [5.41, 5.74) is 3.74. The molecule has 0 bridgehead atoms. The van der Waals surface area contributed by atoms with Crippen molar-refractivity contribution in [1.82, 2.24) is 0 Å². The fourth-order valence-electron chi connectivity index (χ4n) is 20.0. The van der Waals surface area contributed by atoms with Gasteiger partial charge in [0.15, 0.2) is 6.10 Å². The van der Waals surface area contributed by atoms with Crippen molar-refractivity contribution in [2.75, 3.05) is 47.5 Å². The first kappa shape index (κ1) is 70.8. The summed E-state index contributed by atoms with van der Waals surface area (Å²) in [5, 5.41) is 0. The van der Waals surface area contributed by atoms with Gasteiger partial charge < -0.3 is 28.3 Å². The lowest BCUT2D eigenvalue weighted by Crippen LogP contribution is -2.51. The molecular weight excluding hydrogens is 1130 g/mol. The third-order valence-corrected chi connectivity index (χ3v) is 26.3. The summed E-state index contributed by atoms with van der Waals surface area (Å²) in [6.45, 7) is 28.3. The molecule has 1 N–H and O–H groups in total. The minimum atomic E-state index is -4.60. The minimum Gasteiger partial charge on any atom is -0.462 e. The molecular formula is C74H121NO12P+. The van der Waals surface area contributed by atoms with Gasteiger partial charge in [0.2, 0.25) is 0 Å². The maximum absolute atomic E-state index is 13.4. The zero-order valence-electron chi connectivity index (χ0n) is 57.5. The van der Waals surface area contributed by atoms with Gasteiger partial charge in [0.1, 0.15) is 32.0 Å². The van der Waals surface area contributed by atoms with Gasteiger partial charge in [-0.15, -0.1) is 0 Å². The van der Waals surface area contributed by atoms with Gasteiger partial charge in [0, 0.05) is 12.8 Å². The number of fused-ring (bicyclic) bond motifs is 10. The number of quaternary nitrogens is 1. The third kappa shape index (κ3) is 16.4. The molecule has 88 heavy (non-hydrogen) atoms. The molecule has 0 saturated heterocycles. The lowest BCUT2D eigenvalue weighted by atomic mass is 9.47. The molecule has 0 aromatic heterocycles. The number of carbonyl (C=O) groups excluding carboxylic acids is 4. The third-order valence-electron chi connectivity index (χ3n) is 25.3. The van der Waals surface area contributed by atoms with Crippen molar-refractivity contribution < 1.29 is 61.1 Å². The normalized spacial score (nSPS) is 36.1. The quantitative estimate of drug-likeness (QED) is 0.0260. The van der Waals surface area contributed by atoms with E-state index in [0.29, 0.717) is 99.8 Å². The Morgan fingerprint density at radius 3 is 1.45 bits per heavy atom. The highest BCUT2D eigenvalue weighted by Crippen LogP contribution is 2.69. The fraction of sp³-hybridized carbons (Fsp3) is 0.838. The Bertz CT molecular complexity index is 2580. The second-order valence-corrected chi connectivity index (χ2v) is 33.7. The number of carbonyl (C=O) groups is 4. The molecule has 6 fully saturated rings. The van der Waals surface area contributed by atoms with Crippen LogP contribution in [0.3, 0.4) is 0 Å². The maximum atomic E-state index is 13.4. The summed E-state index contributed by atoms with van der Waals surface area (Å²) < 4.78 is 47.1. The minimum absolute atomic E-state index is 0.0702. The van der Waals surface area contributed by atoms with Gasteiger partial charge in [-0.3, -0.25) is 28.2 Å². The number of ether oxygens (including phenoxy) is 4. The van der Waals surface area contributed by atoms with Crippen LogP contribution in [-0.4, -0.2) is 99.1 Å². The van der Waals surface area contributed by atoms with Crippen LogP contribution in [0, 0.1) is 105 Å². The molecule has 498 valence electrons. The number of hydrogen-bond acceptors (Lipinski definition) is 11. The van der Waals surface area contributed by atoms with E-state index in [4.69, 9.17) is 28.0 Å². The van der Waals surface area contributed by atoms with Gasteiger partial charge in [0.05, 0.1) is 53.4 Å². The molecule has 8 aliphatic carbocycles. The van der Waals surface area contributed by atoms with E-state index in [2.05, 4.69) is 120 Å². The molecule has 0 heterocycles. The Kier molecular flexibility index (Phi) is 23.7. The van der Waals surface area contributed by atoms with Crippen LogP contribution in [0.5, 0.6) is 0 Å². The van der Waals surface area contributed by atoms with E-state index in [-0.39, 0.29) is 55.3 Å². The molecule has 0 amide bonds. The Morgan fingerprint density at radius 1 is 0.580 bits per heavy atom. The van der Waals surface area contributed by atoms with Crippen LogP contribution in [0.1, 0.15) is 224 Å². The Hall–Kier alpha value is -3.09. The molecule has 13 nitrogen and oxygen atoms in total. The van der Waals surface area contributed by atoms with Gasteiger partial charge in [0.25, 0.3) is 0 Å². The smallest absolute Gasteiger partial charge is 0.462 e. The first-order chi connectivity index (χ1) is 41.4. The lowest BCUT2D eigenvalue weighted by Gasteiger charge is -2.58. The predicted molar refractivity (Wildman–Crippen MR) is 348 cm³/mol. The second-order valence-electron chi connectivity index (χ2n) is 32.2. The van der Waals surface area contributed by atoms with E-state index in [1.807, 2.05) is 21.1 Å². The molecule has 8 aliphatic rings. The number of phosphoric ester groups is 1. The Balaban J connectivity index is 0.788. The molecule has 0 aromatic rings. The van der Waals surface area contributed by atoms with Crippen molar-refractivity contribution in [1.29, 1.82) is 0 Å². The van der Waals surface area contributed by atoms with E-state index in [0.717, 1.165) is 56.3 Å². The average Bonchev–Trinajstić information content (AvgIpc) is 1.33. The van der Waals surface area contributed by atoms with Crippen LogP contribution in [0.15, 0.2) is 47.6 Å². The van der Waals surface area contributed by atoms with Crippen LogP contribution in [0.4, 0.5) is 0 Å². The van der Waals surface area contributed by atoms with Crippen LogP contribution in [0.2, 0.25) is 0 Å². The second kappa shape index (κ2) is 29.5. The number of nitrogens with zero attached hydrogens (tertiary/aromatic N) is 1. The number of rotatable bonds is 28. The lowest BCUT2D eigenvalue weighted by molar-refractivity contribution is -0.870. The number of hydrogen-bond donors (Lipinski definition) is 1. The van der Waals surface area contributed by atoms with E-state index < -0.39 is 51.0 Å². The van der Waals surface area contributed by atoms with Crippen molar-refractivity contribution in [2.45, 2.75) is 243 Å². The molecule has 8 rings (SSSR count). The largest absolute Gasteiger partial charge is 0.472 e. The molecule has 14 heteroatoms. The van der Waals surface area contributed by atoms with Crippen LogP contribution in [0.25, 0.3) is 0 Å². The SMILES string of the molecule is CC[C@H](/C=C/[C@@H](C)[C@H]1CC[C@H]2[C@@H]3CC=C4C[C@@H](OC(=O)CCC(=O)OCC(COP(=O)(O)OCC[N+](C)(C)C)OC(=O)CCC(=O)O[C@H]5CC[C@@]6(C)C(=CC[C@H]7[C@@H]8CC[C@H]([C@H](C)/C=C/[C@@H](CC)C(C)C)[C@@]8(C)CC[C@@H]76)C5)CC[C@]4(C)[C@H]3CC[C@]12C)C(C)C. The van der Waals surface area contributed by atoms with Gasteiger partial charge >= 0.3 is 31.7 Å². The number of phosphoric acid groups is 1. The zero-order valence-corrected chi connectivity index (χ0v) is 58.4. The van der Waals surface area contributed by atoms with Crippen molar-refractivity contribution in [2.24, 2.45) is 105 Å². The van der Waals surface area contributed by atoms with Gasteiger partial charge in [-0.1, -0.05) is 131 Å². The maximum Gasteiger partial charge on any atom is 0.472 e. The molecule has 6 saturated carbocycles. The van der Waals surface area contributed by atoms with E-state index in [9.17, 15) is 28.6 Å². The summed E-state index contributed by atoms with van der Waals surface area (Å²) in [6.07, 6.45) is 32.0. The highest BCUT2D eigenvalue weighted by Gasteiger charge is 2.61. The first-order valence-corrected chi connectivity index (χ1v) is 36.8.